The normalized spacial score (nSPS) is 16.4. The van der Waals surface area contributed by atoms with Gasteiger partial charge in [-0.15, -0.1) is 0 Å². The molecule has 2 atom stereocenters. The molecule has 0 spiro atoms. The second-order valence-electron chi connectivity index (χ2n) is 6.69. The maximum Gasteiger partial charge on any atom is 0.0676 e. The van der Waals surface area contributed by atoms with Crippen LogP contribution in [0.5, 0.6) is 0 Å². The summed E-state index contributed by atoms with van der Waals surface area (Å²) in [5.74, 6) is 0.679. The van der Waals surface area contributed by atoms with Crippen molar-refractivity contribution in [2.24, 2.45) is 5.92 Å². The van der Waals surface area contributed by atoms with Gasteiger partial charge in [-0.05, 0) is 38.5 Å². The van der Waals surface area contributed by atoms with Crippen LogP contribution in [0.4, 0.5) is 0 Å². The first-order valence-electron chi connectivity index (χ1n) is 8.73. The number of hydrogen-bond acceptors (Lipinski definition) is 2. The highest BCUT2D eigenvalue weighted by Gasteiger charge is 2.28. The van der Waals surface area contributed by atoms with Crippen molar-refractivity contribution in [2.45, 2.75) is 98.2 Å². The van der Waals surface area contributed by atoms with Gasteiger partial charge >= 0.3 is 0 Å². The molecule has 0 heterocycles. The van der Waals surface area contributed by atoms with Gasteiger partial charge in [0.05, 0.1) is 11.7 Å². The Morgan fingerprint density at radius 1 is 0.950 bits per heavy atom. The largest absolute Gasteiger partial charge is 0.378 e. The minimum Gasteiger partial charge on any atom is -0.378 e. The molecule has 20 heavy (non-hydrogen) atoms. The fourth-order valence-electron chi connectivity index (χ4n) is 2.38. The van der Waals surface area contributed by atoms with Gasteiger partial charge in [0.15, 0.2) is 0 Å². The molecule has 0 aromatic rings. The Hall–Kier alpha value is -0.0800. The van der Waals surface area contributed by atoms with Crippen molar-refractivity contribution < 1.29 is 9.47 Å². The van der Waals surface area contributed by atoms with Gasteiger partial charge in [0.1, 0.15) is 0 Å². The fraction of sp³-hybridized carbons (Fsp3) is 1.00. The van der Waals surface area contributed by atoms with Crippen molar-refractivity contribution in [1.82, 2.24) is 0 Å². The summed E-state index contributed by atoms with van der Waals surface area (Å²) in [6.45, 7) is 15.2. The molecule has 0 N–H and O–H groups in total. The van der Waals surface area contributed by atoms with Crippen LogP contribution < -0.4 is 0 Å². The highest BCUT2D eigenvalue weighted by molar-refractivity contribution is 4.79. The highest BCUT2D eigenvalue weighted by Crippen LogP contribution is 2.26. The second-order valence-corrected chi connectivity index (χ2v) is 6.69. The fourth-order valence-corrected chi connectivity index (χ4v) is 2.38. The van der Waals surface area contributed by atoms with E-state index in [4.69, 9.17) is 9.47 Å². The molecule has 0 saturated heterocycles. The average molecular weight is 286 g/mol. The Labute approximate surface area is 127 Å². The zero-order valence-electron chi connectivity index (χ0n) is 14.8. The van der Waals surface area contributed by atoms with Crippen LogP contribution >= 0.6 is 0 Å². The monoisotopic (exact) mass is 286 g/mol. The number of hydrogen-bond donors (Lipinski definition) is 0. The van der Waals surface area contributed by atoms with Crippen molar-refractivity contribution >= 4 is 0 Å². The molecule has 122 valence electrons. The van der Waals surface area contributed by atoms with E-state index in [-0.39, 0.29) is 5.60 Å². The molecule has 0 fully saturated rings. The van der Waals surface area contributed by atoms with Gasteiger partial charge in [0.25, 0.3) is 0 Å². The van der Waals surface area contributed by atoms with Gasteiger partial charge in [-0.3, -0.25) is 0 Å². The average Bonchev–Trinajstić information content (AvgIpc) is 2.38. The van der Waals surface area contributed by atoms with Crippen molar-refractivity contribution in [3.05, 3.63) is 0 Å². The molecule has 0 aromatic carbocycles. The lowest BCUT2D eigenvalue weighted by Gasteiger charge is -2.33. The van der Waals surface area contributed by atoms with Crippen LogP contribution in [0, 0.1) is 5.92 Å². The van der Waals surface area contributed by atoms with Crippen molar-refractivity contribution in [3.8, 4) is 0 Å². The molecule has 0 rings (SSSR count). The highest BCUT2D eigenvalue weighted by atomic mass is 16.5. The Balaban J connectivity index is 4.38. The molecule has 0 aromatic heterocycles. The lowest BCUT2D eigenvalue weighted by molar-refractivity contribution is -0.0833. The van der Waals surface area contributed by atoms with Gasteiger partial charge in [-0.1, -0.05) is 47.5 Å². The molecule has 0 aliphatic heterocycles. The molecule has 2 heteroatoms. The van der Waals surface area contributed by atoms with E-state index in [0.29, 0.717) is 12.0 Å². The first-order chi connectivity index (χ1) is 9.47. The maximum atomic E-state index is 6.16. The lowest BCUT2D eigenvalue weighted by atomic mass is 9.91. The van der Waals surface area contributed by atoms with E-state index < -0.39 is 0 Å². The predicted molar refractivity (Wildman–Crippen MR) is 88.3 cm³/mol. The van der Waals surface area contributed by atoms with Crippen LogP contribution in [0.15, 0.2) is 0 Å². The first-order valence-corrected chi connectivity index (χ1v) is 8.73. The Bertz CT molecular complexity index is 215. The zero-order valence-corrected chi connectivity index (χ0v) is 14.8. The molecule has 0 amide bonds. The van der Waals surface area contributed by atoms with Crippen molar-refractivity contribution in [2.75, 3.05) is 13.2 Å². The number of unbranched alkanes of at least 4 members (excludes halogenated alkanes) is 2. The zero-order chi connectivity index (χ0) is 15.4. The molecule has 0 bridgehead atoms. The third-order valence-electron chi connectivity index (χ3n) is 3.94. The second kappa shape index (κ2) is 11.6. The summed E-state index contributed by atoms with van der Waals surface area (Å²) in [6, 6.07) is 0. The summed E-state index contributed by atoms with van der Waals surface area (Å²) in [7, 11) is 0. The smallest absolute Gasteiger partial charge is 0.0676 e. The van der Waals surface area contributed by atoms with Gasteiger partial charge in [0.2, 0.25) is 0 Å². The van der Waals surface area contributed by atoms with Crippen LogP contribution in [-0.2, 0) is 9.47 Å². The van der Waals surface area contributed by atoms with E-state index in [1.165, 1.54) is 12.8 Å². The molecule has 0 aliphatic rings. The molecular weight excluding hydrogens is 248 g/mol. The summed E-state index contributed by atoms with van der Waals surface area (Å²) < 4.78 is 12.3. The number of ether oxygens (including phenoxy) is 2. The summed E-state index contributed by atoms with van der Waals surface area (Å²) >= 11 is 0. The van der Waals surface area contributed by atoms with Gasteiger partial charge in [-0.2, -0.15) is 0 Å². The topological polar surface area (TPSA) is 18.5 Å². The van der Waals surface area contributed by atoms with E-state index in [0.717, 1.165) is 45.3 Å². The van der Waals surface area contributed by atoms with E-state index in [2.05, 4.69) is 41.5 Å². The Kier molecular flexibility index (Phi) is 11.5. The minimum atomic E-state index is -0.0268. The number of rotatable bonds is 13. The Morgan fingerprint density at radius 3 is 2.05 bits per heavy atom. The van der Waals surface area contributed by atoms with Crippen LogP contribution in [0.2, 0.25) is 0 Å². The quantitative estimate of drug-likeness (QED) is 0.411. The summed E-state index contributed by atoms with van der Waals surface area (Å²) in [5.41, 5.74) is -0.0268. The van der Waals surface area contributed by atoms with Crippen LogP contribution in [0.3, 0.4) is 0 Å². The third-order valence-corrected chi connectivity index (χ3v) is 3.94. The first kappa shape index (κ1) is 19.9. The van der Waals surface area contributed by atoms with E-state index in [1.807, 2.05) is 0 Å². The van der Waals surface area contributed by atoms with E-state index >= 15 is 0 Å². The maximum absolute atomic E-state index is 6.16. The summed E-state index contributed by atoms with van der Waals surface area (Å²) in [5, 5.41) is 0. The molecular formula is C18H38O2. The standard InChI is InChI=1S/C18H38O2/c1-7-10-12-19-17(14-16(4)5)15-18(6,9-3)20-13-11-8-2/h16-17H,7-15H2,1-6H3. The van der Waals surface area contributed by atoms with E-state index in [1.54, 1.807) is 0 Å². The molecule has 2 nitrogen and oxygen atoms in total. The summed E-state index contributed by atoms with van der Waals surface area (Å²) in [6.07, 6.45) is 8.27. The summed E-state index contributed by atoms with van der Waals surface area (Å²) in [4.78, 5) is 0. The van der Waals surface area contributed by atoms with Crippen molar-refractivity contribution in [1.29, 1.82) is 0 Å². The third kappa shape index (κ3) is 9.77. The van der Waals surface area contributed by atoms with Gasteiger partial charge in [-0.25, -0.2) is 0 Å². The SMILES string of the molecule is CCCCOC(CC(C)C)CC(C)(CC)OCCCC. The lowest BCUT2D eigenvalue weighted by Crippen LogP contribution is -2.35. The predicted octanol–water partition coefficient (Wildman–Crippen LogP) is 5.59. The van der Waals surface area contributed by atoms with Crippen LogP contribution in [0.25, 0.3) is 0 Å². The van der Waals surface area contributed by atoms with Crippen molar-refractivity contribution in [3.63, 3.8) is 0 Å². The van der Waals surface area contributed by atoms with E-state index in [9.17, 15) is 0 Å². The minimum absolute atomic E-state index is 0.0268. The molecule has 0 aliphatic carbocycles. The Morgan fingerprint density at radius 2 is 1.55 bits per heavy atom. The molecule has 0 saturated carbocycles. The van der Waals surface area contributed by atoms with Crippen LogP contribution in [-0.4, -0.2) is 24.9 Å². The van der Waals surface area contributed by atoms with Gasteiger partial charge in [0, 0.05) is 19.6 Å². The molecule has 2 unspecified atom stereocenters. The van der Waals surface area contributed by atoms with Crippen LogP contribution in [0.1, 0.15) is 86.5 Å². The van der Waals surface area contributed by atoms with Gasteiger partial charge < -0.3 is 9.47 Å². The molecule has 0 radical (unpaired) electrons.